The Morgan fingerprint density at radius 2 is 2.17 bits per heavy atom. The first-order valence-electron chi connectivity index (χ1n) is 3.95. The quantitative estimate of drug-likeness (QED) is 0.588. The van der Waals surface area contributed by atoms with Crippen molar-refractivity contribution in [2.75, 3.05) is 11.5 Å². The van der Waals surface area contributed by atoms with E-state index in [4.69, 9.17) is 5.73 Å². The molecule has 1 aliphatic heterocycles. The topological polar surface area (TPSA) is 77.2 Å². The van der Waals surface area contributed by atoms with Crippen LogP contribution >= 0.6 is 0 Å². The van der Waals surface area contributed by atoms with Gasteiger partial charge in [0, 0.05) is 12.5 Å². The van der Waals surface area contributed by atoms with Crippen LogP contribution in [-0.4, -0.2) is 32.3 Å². The second-order valence-electron chi connectivity index (χ2n) is 3.23. The van der Waals surface area contributed by atoms with Gasteiger partial charge in [-0.3, -0.25) is 0 Å². The molecule has 0 saturated carbocycles. The zero-order valence-corrected chi connectivity index (χ0v) is 7.59. The van der Waals surface area contributed by atoms with Crippen molar-refractivity contribution in [3.63, 3.8) is 0 Å². The minimum Gasteiger partial charge on any atom is -0.327 e. The normalized spacial score (nSPS) is 34.4. The van der Waals surface area contributed by atoms with E-state index in [1.54, 1.807) is 0 Å². The predicted molar refractivity (Wildman–Crippen MR) is 45.4 cm³/mol. The molecule has 2 unspecified atom stereocenters. The van der Waals surface area contributed by atoms with E-state index >= 15 is 0 Å². The third-order valence-electron chi connectivity index (χ3n) is 2.23. The van der Waals surface area contributed by atoms with Gasteiger partial charge in [-0.25, -0.2) is 8.42 Å². The van der Waals surface area contributed by atoms with E-state index in [-0.39, 0.29) is 29.9 Å². The molecular formula is C7H13NO3S. The van der Waals surface area contributed by atoms with E-state index in [0.29, 0.717) is 6.42 Å². The van der Waals surface area contributed by atoms with Crippen LogP contribution in [0.2, 0.25) is 0 Å². The average molecular weight is 191 g/mol. The zero-order chi connectivity index (χ0) is 9.19. The maximum absolute atomic E-state index is 11.1. The number of carbonyl (C=O) groups excluding carboxylic acids is 1. The van der Waals surface area contributed by atoms with Gasteiger partial charge in [0.2, 0.25) is 0 Å². The predicted octanol–water partition coefficient (Wildman–Crippen LogP) is -0.663. The summed E-state index contributed by atoms with van der Waals surface area (Å²) in [6, 6.07) is -0.126. The second kappa shape index (κ2) is 3.53. The van der Waals surface area contributed by atoms with Crippen molar-refractivity contribution in [2.24, 2.45) is 11.7 Å². The lowest BCUT2D eigenvalue weighted by Gasteiger charge is -2.26. The lowest BCUT2D eigenvalue weighted by molar-refractivity contribution is -0.108. The maximum Gasteiger partial charge on any atom is 0.150 e. The Hall–Kier alpha value is -0.420. The van der Waals surface area contributed by atoms with Crippen LogP contribution < -0.4 is 5.73 Å². The van der Waals surface area contributed by atoms with Crippen LogP contribution in [0.5, 0.6) is 0 Å². The number of hydrogen-bond donors (Lipinski definition) is 1. The fraction of sp³-hybridized carbons (Fsp3) is 0.857. The Morgan fingerprint density at radius 1 is 1.50 bits per heavy atom. The summed E-state index contributed by atoms with van der Waals surface area (Å²) in [6.45, 7) is 0. The van der Waals surface area contributed by atoms with Crippen molar-refractivity contribution in [1.29, 1.82) is 0 Å². The van der Waals surface area contributed by atoms with Gasteiger partial charge in [-0.05, 0) is 12.3 Å². The minimum absolute atomic E-state index is 0.0763. The molecule has 1 fully saturated rings. The highest BCUT2D eigenvalue weighted by Gasteiger charge is 2.30. The van der Waals surface area contributed by atoms with Crippen LogP contribution in [0.3, 0.4) is 0 Å². The first kappa shape index (κ1) is 9.67. The molecule has 4 nitrogen and oxygen atoms in total. The summed E-state index contributed by atoms with van der Waals surface area (Å²) in [7, 11) is -2.93. The average Bonchev–Trinajstić information content (AvgIpc) is 1.97. The van der Waals surface area contributed by atoms with E-state index in [9.17, 15) is 13.2 Å². The summed E-state index contributed by atoms with van der Waals surface area (Å²) in [5, 5.41) is 0. The van der Waals surface area contributed by atoms with E-state index < -0.39 is 9.84 Å². The molecule has 5 heteroatoms. The highest BCUT2D eigenvalue weighted by molar-refractivity contribution is 7.91. The molecule has 1 heterocycles. The molecule has 0 radical (unpaired) electrons. The molecule has 2 N–H and O–H groups in total. The summed E-state index contributed by atoms with van der Waals surface area (Å²) in [5.74, 6) is 0.0809. The number of carbonyl (C=O) groups is 1. The van der Waals surface area contributed by atoms with Crippen molar-refractivity contribution in [1.82, 2.24) is 0 Å². The number of nitrogens with two attached hydrogens (primary N) is 1. The lowest BCUT2D eigenvalue weighted by Crippen LogP contribution is -2.41. The summed E-state index contributed by atoms with van der Waals surface area (Å²) >= 11 is 0. The Bertz CT molecular complexity index is 260. The van der Waals surface area contributed by atoms with Crippen LogP contribution in [-0.2, 0) is 14.6 Å². The van der Waals surface area contributed by atoms with Gasteiger partial charge in [0.25, 0.3) is 0 Å². The molecular weight excluding hydrogens is 178 g/mol. The van der Waals surface area contributed by atoms with Crippen LogP contribution in [0.25, 0.3) is 0 Å². The molecule has 0 amide bonds. The molecule has 0 aliphatic carbocycles. The largest absolute Gasteiger partial charge is 0.327 e. The Kier molecular flexibility index (Phi) is 2.85. The summed E-state index contributed by atoms with van der Waals surface area (Å²) in [4.78, 5) is 10.2. The number of hydrogen-bond acceptors (Lipinski definition) is 4. The molecule has 0 aromatic carbocycles. The molecule has 1 rings (SSSR count). The van der Waals surface area contributed by atoms with Gasteiger partial charge in [-0.15, -0.1) is 0 Å². The second-order valence-corrected chi connectivity index (χ2v) is 5.46. The maximum atomic E-state index is 11.1. The standard InChI is InChI=1S/C7H13NO3S/c8-7-2-4-12(10,11)5-6(7)1-3-9/h3,6-7H,1-2,4-5,8H2. The molecule has 2 atom stereocenters. The Morgan fingerprint density at radius 3 is 2.75 bits per heavy atom. The van der Waals surface area contributed by atoms with Gasteiger partial charge >= 0.3 is 0 Å². The first-order chi connectivity index (χ1) is 5.55. The molecule has 1 saturated heterocycles. The highest BCUT2D eigenvalue weighted by atomic mass is 32.2. The molecule has 0 aromatic heterocycles. The first-order valence-corrected chi connectivity index (χ1v) is 5.77. The molecule has 12 heavy (non-hydrogen) atoms. The molecule has 0 bridgehead atoms. The molecule has 0 aromatic rings. The monoisotopic (exact) mass is 191 g/mol. The summed E-state index contributed by atoms with van der Waals surface area (Å²) < 4.78 is 22.2. The minimum atomic E-state index is -2.93. The van der Waals surface area contributed by atoms with Gasteiger partial charge < -0.3 is 10.5 Å². The Labute approximate surface area is 72.0 Å². The van der Waals surface area contributed by atoms with Crippen LogP contribution in [0, 0.1) is 5.92 Å². The van der Waals surface area contributed by atoms with E-state index in [1.165, 1.54) is 0 Å². The number of sulfone groups is 1. The lowest BCUT2D eigenvalue weighted by atomic mass is 9.97. The van der Waals surface area contributed by atoms with Crippen molar-refractivity contribution in [3.8, 4) is 0 Å². The zero-order valence-electron chi connectivity index (χ0n) is 6.77. The van der Waals surface area contributed by atoms with E-state index in [1.807, 2.05) is 0 Å². The van der Waals surface area contributed by atoms with Gasteiger partial charge in [0.1, 0.15) is 6.29 Å². The third-order valence-corrected chi connectivity index (χ3v) is 4.03. The Balaban J connectivity index is 2.65. The van der Waals surface area contributed by atoms with Gasteiger partial charge in [0.05, 0.1) is 11.5 Å². The van der Waals surface area contributed by atoms with Gasteiger partial charge in [-0.1, -0.05) is 0 Å². The van der Waals surface area contributed by atoms with Crippen molar-refractivity contribution < 1.29 is 13.2 Å². The van der Waals surface area contributed by atoms with E-state index in [2.05, 4.69) is 0 Å². The fourth-order valence-corrected chi connectivity index (χ4v) is 3.28. The smallest absolute Gasteiger partial charge is 0.150 e. The SMILES string of the molecule is NC1CCS(=O)(=O)CC1CC=O. The highest BCUT2D eigenvalue weighted by Crippen LogP contribution is 2.19. The molecule has 70 valence electrons. The van der Waals surface area contributed by atoms with Crippen molar-refractivity contribution in [3.05, 3.63) is 0 Å². The summed E-state index contributed by atoms with van der Waals surface area (Å²) in [5.41, 5.74) is 5.66. The van der Waals surface area contributed by atoms with E-state index in [0.717, 1.165) is 6.29 Å². The molecule has 1 aliphatic rings. The van der Waals surface area contributed by atoms with Crippen LogP contribution in [0.1, 0.15) is 12.8 Å². The van der Waals surface area contributed by atoms with Crippen molar-refractivity contribution in [2.45, 2.75) is 18.9 Å². The summed E-state index contributed by atoms with van der Waals surface area (Å²) in [6.07, 6.45) is 1.49. The van der Waals surface area contributed by atoms with Gasteiger partial charge in [-0.2, -0.15) is 0 Å². The fourth-order valence-electron chi connectivity index (χ4n) is 1.45. The third kappa shape index (κ3) is 2.28. The number of aldehydes is 1. The van der Waals surface area contributed by atoms with Crippen LogP contribution in [0.4, 0.5) is 0 Å². The van der Waals surface area contributed by atoms with Crippen molar-refractivity contribution >= 4 is 16.1 Å². The van der Waals surface area contributed by atoms with Gasteiger partial charge in [0.15, 0.2) is 9.84 Å². The molecule has 0 spiro atoms. The van der Waals surface area contributed by atoms with Crippen LogP contribution in [0.15, 0.2) is 0 Å². The number of rotatable bonds is 2.